The molecule has 1 amide bonds. The molecule has 3 rings (SSSR count). The number of hydrogen-bond donors (Lipinski definition) is 2. The summed E-state index contributed by atoms with van der Waals surface area (Å²) in [5.74, 6) is 0.500. The average molecular weight is 308 g/mol. The Bertz CT molecular complexity index is 488. The van der Waals surface area contributed by atoms with Gasteiger partial charge in [0.25, 0.3) is 5.91 Å². The number of carbonyl (C=O) groups excluding carboxylic acids is 1. The number of ether oxygens (including phenoxy) is 1. The minimum atomic E-state index is -0.191. The minimum absolute atomic E-state index is 0.184. The highest BCUT2D eigenvalue weighted by Crippen LogP contribution is 2.20. The van der Waals surface area contributed by atoms with Gasteiger partial charge in [-0.1, -0.05) is 0 Å². The first-order chi connectivity index (χ1) is 10.8. The Kier molecular flexibility index (Phi) is 5.12. The Morgan fingerprint density at radius 2 is 1.95 bits per heavy atom. The van der Waals surface area contributed by atoms with Crippen molar-refractivity contribution in [2.24, 2.45) is 0 Å². The molecule has 2 saturated heterocycles. The maximum atomic E-state index is 12.1. The molecular formula is C16H24N2O4. The summed E-state index contributed by atoms with van der Waals surface area (Å²) >= 11 is 0. The highest BCUT2D eigenvalue weighted by Gasteiger charge is 2.27. The molecule has 2 N–H and O–H groups in total. The zero-order valence-corrected chi connectivity index (χ0v) is 12.8. The molecule has 0 bridgehead atoms. The number of hydrogen-bond acceptors (Lipinski definition) is 5. The second kappa shape index (κ2) is 7.26. The average Bonchev–Trinajstić information content (AvgIpc) is 3.06. The molecule has 3 heterocycles. The Morgan fingerprint density at radius 3 is 2.59 bits per heavy atom. The maximum Gasteiger partial charge on any atom is 0.287 e. The number of aliphatic hydroxyl groups is 1. The fraction of sp³-hybridized carbons (Fsp3) is 0.688. The fourth-order valence-electron chi connectivity index (χ4n) is 3.30. The largest absolute Gasteiger partial charge is 0.453 e. The lowest BCUT2D eigenvalue weighted by Crippen LogP contribution is -2.49. The van der Waals surface area contributed by atoms with Crippen molar-refractivity contribution >= 4 is 5.91 Å². The Balaban J connectivity index is 1.46. The van der Waals surface area contributed by atoms with Crippen LogP contribution in [0.25, 0.3) is 0 Å². The number of nitrogens with zero attached hydrogens (tertiary/aromatic N) is 1. The number of carbonyl (C=O) groups is 1. The summed E-state index contributed by atoms with van der Waals surface area (Å²) in [5, 5.41) is 12.0. The Labute approximate surface area is 130 Å². The summed E-state index contributed by atoms with van der Waals surface area (Å²) in [5.41, 5.74) is 0. The van der Waals surface area contributed by atoms with Crippen LogP contribution in [0.4, 0.5) is 0 Å². The van der Waals surface area contributed by atoms with Gasteiger partial charge in [0.05, 0.1) is 0 Å². The quantitative estimate of drug-likeness (QED) is 0.872. The van der Waals surface area contributed by atoms with E-state index in [1.807, 2.05) is 0 Å². The first kappa shape index (κ1) is 15.5. The molecule has 0 radical (unpaired) electrons. The van der Waals surface area contributed by atoms with E-state index in [9.17, 15) is 4.79 Å². The molecule has 0 aliphatic carbocycles. The molecule has 0 unspecified atom stereocenters. The lowest BCUT2D eigenvalue weighted by molar-refractivity contribution is 0.0238. The molecule has 6 heteroatoms. The molecule has 0 atom stereocenters. The molecule has 6 nitrogen and oxygen atoms in total. The second-order valence-electron chi connectivity index (χ2n) is 6.05. The van der Waals surface area contributed by atoms with E-state index in [4.69, 9.17) is 14.3 Å². The van der Waals surface area contributed by atoms with Crippen molar-refractivity contribution in [3.05, 3.63) is 23.7 Å². The molecular weight excluding hydrogens is 284 g/mol. The highest BCUT2D eigenvalue weighted by molar-refractivity contribution is 5.91. The molecule has 0 saturated carbocycles. The smallest absolute Gasteiger partial charge is 0.287 e. The molecule has 0 spiro atoms. The van der Waals surface area contributed by atoms with Crippen molar-refractivity contribution in [2.45, 2.75) is 44.4 Å². The Hall–Kier alpha value is -1.37. The van der Waals surface area contributed by atoms with Gasteiger partial charge in [-0.25, -0.2) is 0 Å². The third-order valence-electron chi connectivity index (χ3n) is 4.61. The molecule has 1 aromatic rings. The lowest BCUT2D eigenvalue weighted by atomic mass is 9.99. The number of amides is 1. The van der Waals surface area contributed by atoms with E-state index in [1.165, 1.54) is 0 Å². The summed E-state index contributed by atoms with van der Waals surface area (Å²) in [6, 6.07) is 4.08. The summed E-state index contributed by atoms with van der Waals surface area (Å²) in [6.45, 7) is 3.60. The Morgan fingerprint density at radius 1 is 1.23 bits per heavy atom. The predicted octanol–water partition coefficient (Wildman–Crippen LogP) is 1.15. The monoisotopic (exact) mass is 308 g/mol. The van der Waals surface area contributed by atoms with Gasteiger partial charge in [0, 0.05) is 38.4 Å². The fourth-order valence-corrected chi connectivity index (χ4v) is 3.30. The second-order valence-corrected chi connectivity index (χ2v) is 6.05. The van der Waals surface area contributed by atoms with Gasteiger partial charge >= 0.3 is 0 Å². The molecule has 2 aliphatic rings. The SMILES string of the molecule is O=C(NC1CCN(C2CCOCC2)CC1)c1ccc(CO)o1. The summed E-state index contributed by atoms with van der Waals surface area (Å²) in [6.07, 6.45) is 4.17. The van der Waals surface area contributed by atoms with Crippen molar-refractivity contribution < 1.29 is 19.1 Å². The van der Waals surface area contributed by atoms with Crippen molar-refractivity contribution in [1.29, 1.82) is 0 Å². The zero-order valence-electron chi connectivity index (χ0n) is 12.8. The number of nitrogens with one attached hydrogen (secondary N) is 1. The number of rotatable bonds is 4. The third-order valence-corrected chi connectivity index (χ3v) is 4.61. The van der Waals surface area contributed by atoms with Crippen LogP contribution in [-0.4, -0.2) is 54.3 Å². The standard InChI is InChI=1S/C16H24N2O4/c19-11-14-1-2-15(22-14)16(20)17-12-3-7-18(8-4-12)13-5-9-21-10-6-13/h1-2,12-13,19H,3-11H2,(H,17,20). The van der Waals surface area contributed by atoms with Gasteiger partial charge in [0.2, 0.25) is 0 Å². The first-order valence-corrected chi connectivity index (χ1v) is 8.08. The van der Waals surface area contributed by atoms with E-state index in [-0.39, 0.29) is 24.3 Å². The van der Waals surface area contributed by atoms with Crippen LogP contribution in [0.5, 0.6) is 0 Å². The van der Waals surface area contributed by atoms with E-state index >= 15 is 0 Å². The van der Waals surface area contributed by atoms with Crippen molar-refractivity contribution in [1.82, 2.24) is 10.2 Å². The molecule has 2 fully saturated rings. The number of aliphatic hydroxyl groups excluding tert-OH is 1. The highest BCUT2D eigenvalue weighted by atomic mass is 16.5. The van der Waals surface area contributed by atoms with Gasteiger partial charge in [-0.05, 0) is 37.8 Å². The van der Waals surface area contributed by atoms with Crippen LogP contribution < -0.4 is 5.32 Å². The van der Waals surface area contributed by atoms with Crippen molar-refractivity contribution in [3.8, 4) is 0 Å². The maximum absolute atomic E-state index is 12.1. The van der Waals surface area contributed by atoms with Crippen LogP contribution in [0.1, 0.15) is 42.0 Å². The van der Waals surface area contributed by atoms with Crippen LogP contribution in [0.15, 0.2) is 16.5 Å². The molecule has 122 valence electrons. The summed E-state index contributed by atoms with van der Waals surface area (Å²) in [4.78, 5) is 14.6. The normalized spacial score (nSPS) is 21.9. The van der Waals surface area contributed by atoms with Crippen molar-refractivity contribution in [3.63, 3.8) is 0 Å². The van der Waals surface area contributed by atoms with Crippen LogP contribution >= 0.6 is 0 Å². The number of furan rings is 1. The van der Waals surface area contributed by atoms with E-state index in [1.54, 1.807) is 12.1 Å². The first-order valence-electron chi connectivity index (χ1n) is 8.08. The predicted molar refractivity (Wildman–Crippen MR) is 80.5 cm³/mol. The topological polar surface area (TPSA) is 74.9 Å². The van der Waals surface area contributed by atoms with Gasteiger partial charge in [0.1, 0.15) is 12.4 Å². The zero-order chi connectivity index (χ0) is 15.4. The molecule has 0 aromatic carbocycles. The third kappa shape index (κ3) is 3.69. The summed E-state index contributed by atoms with van der Waals surface area (Å²) < 4.78 is 10.7. The van der Waals surface area contributed by atoms with Gasteiger partial charge in [-0.15, -0.1) is 0 Å². The molecule has 22 heavy (non-hydrogen) atoms. The van der Waals surface area contributed by atoms with Crippen molar-refractivity contribution in [2.75, 3.05) is 26.3 Å². The van der Waals surface area contributed by atoms with Gasteiger partial charge in [-0.2, -0.15) is 0 Å². The molecule has 1 aromatic heterocycles. The van der Waals surface area contributed by atoms with Crippen LogP contribution in [0.2, 0.25) is 0 Å². The van der Waals surface area contributed by atoms with E-state index < -0.39 is 0 Å². The minimum Gasteiger partial charge on any atom is -0.453 e. The van der Waals surface area contributed by atoms with Crippen LogP contribution in [-0.2, 0) is 11.3 Å². The lowest BCUT2D eigenvalue weighted by Gasteiger charge is -2.39. The van der Waals surface area contributed by atoms with Gasteiger partial charge in [-0.3, -0.25) is 4.79 Å². The van der Waals surface area contributed by atoms with E-state index in [0.29, 0.717) is 11.8 Å². The van der Waals surface area contributed by atoms with E-state index in [2.05, 4.69) is 10.2 Å². The number of likely N-dealkylation sites (tertiary alicyclic amines) is 1. The van der Waals surface area contributed by atoms with E-state index in [0.717, 1.165) is 52.0 Å². The number of piperidine rings is 1. The summed E-state index contributed by atoms with van der Waals surface area (Å²) in [7, 11) is 0. The van der Waals surface area contributed by atoms with Crippen LogP contribution in [0, 0.1) is 0 Å². The van der Waals surface area contributed by atoms with Crippen LogP contribution in [0.3, 0.4) is 0 Å². The molecule has 2 aliphatic heterocycles. The van der Waals surface area contributed by atoms with Gasteiger partial charge < -0.3 is 24.5 Å². The van der Waals surface area contributed by atoms with Gasteiger partial charge in [0.15, 0.2) is 5.76 Å².